The molecule has 0 aromatic heterocycles. The van der Waals surface area contributed by atoms with Crippen molar-refractivity contribution < 1.29 is 14.3 Å². The van der Waals surface area contributed by atoms with Gasteiger partial charge < -0.3 is 15.0 Å². The van der Waals surface area contributed by atoms with Crippen LogP contribution < -0.4 is 19.9 Å². The van der Waals surface area contributed by atoms with Crippen molar-refractivity contribution in [2.45, 2.75) is 12.5 Å². The number of carbonyl (C=O) groups excluding carboxylic acids is 2. The van der Waals surface area contributed by atoms with Crippen LogP contribution in [0.3, 0.4) is 0 Å². The summed E-state index contributed by atoms with van der Waals surface area (Å²) >= 11 is 0. The molecule has 2 aromatic rings. The zero-order valence-corrected chi connectivity index (χ0v) is 14.3. The second-order valence-electron chi connectivity index (χ2n) is 5.95. The molecule has 1 aliphatic rings. The van der Waals surface area contributed by atoms with Gasteiger partial charge in [0.25, 0.3) is 0 Å². The molecule has 1 heterocycles. The lowest BCUT2D eigenvalue weighted by Gasteiger charge is -2.21. The van der Waals surface area contributed by atoms with Crippen LogP contribution in [0.2, 0.25) is 0 Å². The third-order valence-corrected chi connectivity index (χ3v) is 4.27. The second kappa shape index (κ2) is 7.25. The third kappa shape index (κ3) is 3.74. The number of carbonyl (C=O) groups is 2. The summed E-state index contributed by atoms with van der Waals surface area (Å²) < 4.78 is 5.21. The van der Waals surface area contributed by atoms with E-state index in [2.05, 4.69) is 5.32 Å². The quantitative estimate of drug-likeness (QED) is 0.931. The zero-order chi connectivity index (χ0) is 17.8. The Labute approximate surface area is 147 Å². The molecule has 6 nitrogen and oxygen atoms in total. The summed E-state index contributed by atoms with van der Waals surface area (Å²) in [5.41, 5.74) is 1.58. The average Bonchev–Trinajstić information content (AvgIpc) is 3.02. The Hall–Kier alpha value is -3.02. The van der Waals surface area contributed by atoms with E-state index in [1.807, 2.05) is 54.6 Å². The Kier molecular flexibility index (Phi) is 4.88. The van der Waals surface area contributed by atoms with Crippen LogP contribution >= 0.6 is 0 Å². The highest BCUT2D eigenvalue weighted by Gasteiger charge is 2.32. The summed E-state index contributed by atoms with van der Waals surface area (Å²) in [5, 5.41) is 2.93. The van der Waals surface area contributed by atoms with Gasteiger partial charge in [0.05, 0.1) is 13.2 Å². The van der Waals surface area contributed by atoms with Gasteiger partial charge in [-0.05, 0) is 24.3 Å². The van der Waals surface area contributed by atoms with Crippen molar-refractivity contribution in [2.75, 3.05) is 30.5 Å². The number of anilines is 2. The Bertz CT molecular complexity index is 764. The normalized spacial score (nSPS) is 16.6. The SMILES string of the molecule is COc1cccc(N2CC(NC(=O)N(C)c3ccccc3)CC2=O)c1. The van der Waals surface area contributed by atoms with Gasteiger partial charge in [0.15, 0.2) is 0 Å². The van der Waals surface area contributed by atoms with E-state index in [9.17, 15) is 9.59 Å². The molecule has 1 atom stereocenters. The summed E-state index contributed by atoms with van der Waals surface area (Å²) in [6, 6.07) is 16.3. The standard InChI is InChI=1S/C19H21N3O3/c1-21(15-7-4-3-5-8-15)19(24)20-14-11-18(23)22(13-14)16-9-6-10-17(12-16)25-2/h3-10,12,14H,11,13H2,1-2H3,(H,20,24). The number of hydrogen-bond acceptors (Lipinski definition) is 3. The van der Waals surface area contributed by atoms with Gasteiger partial charge in [-0.15, -0.1) is 0 Å². The molecule has 25 heavy (non-hydrogen) atoms. The maximum Gasteiger partial charge on any atom is 0.321 e. The zero-order valence-electron chi connectivity index (χ0n) is 14.3. The number of nitrogens with zero attached hydrogens (tertiary/aromatic N) is 2. The van der Waals surface area contributed by atoms with Gasteiger partial charge in [-0.1, -0.05) is 24.3 Å². The molecule has 3 rings (SSSR count). The first-order chi connectivity index (χ1) is 12.1. The van der Waals surface area contributed by atoms with Crippen molar-refractivity contribution in [1.29, 1.82) is 0 Å². The fourth-order valence-electron chi connectivity index (χ4n) is 2.87. The van der Waals surface area contributed by atoms with Crippen molar-refractivity contribution >= 4 is 23.3 Å². The molecule has 0 spiro atoms. The molecule has 6 heteroatoms. The van der Waals surface area contributed by atoms with Gasteiger partial charge in [-0.25, -0.2) is 4.79 Å². The monoisotopic (exact) mass is 339 g/mol. The lowest BCUT2D eigenvalue weighted by atomic mass is 10.2. The van der Waals surface area contributed by atoms with Crippen LogP contribution in [0.15, 0.2) is 54.6 Å². The van der Waals surface area contributed by atoms with E-state index in [4.69, 9.17) is 4.74 Å². The van der Waals surface area contributed by atoms with Gasteiger partial charge in [-0.2, -0.15) is 0 Å². The van der Waals surface area contributed by atoms with Gasteiger partial charge in [0.2, 0.25) is 5.91 Å². The largest absolute Gasteiger partial charge is 0.497 e. The Morgan fingerprint density at radius 1 is 1.20 bits per heavy atom. The highest BCUT2D eigenvalue weighted by atomic mass is 16.5. The van der Waals surface area contributed by atoms with Gasteiger partial charge in [0.1, 0.15) is 5.75 Å². The Morgan fingerprint density at radius 3 is 2.68 bits per heavy atom. The maximum atomic E-state index is 12.4. The molecule has 2 aromatic carbocycles. The van der Waals surface area contributed by atoms with Crippen LogP contribution in [0.4, 0.5) is 16.2 Å². The second-order valence-corrected chi connectivity index (χ2v) is 5.95. The highest BCUT2D eigenvalue weighted by molar-refractivity contribution is 5.98. The van der Waals surface area contributed by atoms with Crippen LogP contribution in [0.25, 0.3) is 0 Å². The van der Waals surface area contributed by atoms with Crippen molar-refractivity contribution in [2.24, 2.45) is 0 Å². The predicted octanol–water partition coefficient (Wildman–Crippen LogP) is 2.65. The number of para-hydroxylation sites is 1. The minimum absolute atomic E-state index is 0.0130. The summed E-state index contributed by atoms with van der Waals surface area (Å²) in [6.07, 6.45) is 0.283. The summed E-state index contributed by atoms with van der Waals surface area (Å²) in [4.78, 5) is 28.0. The fraction of sp³-hybridized carbons (Fsp3) is 0.263. The van der Waals surface area contributed by atoms with Crippen molar-refractivity contribution in [1.82, 2.24) is 5.32 Å². The van der Waals surface area contributed by atoms with Crippen LogP contribution in [-0.4, -0.2) is 38.7 Å². The molecular weight excluding hydrogens is 318 g/mol. The van der Waals surface area contributed by atoms with Crippen LogP contribution in [-0.2, 0) is 4.79 Å². The number of rotatable bonds is 4. The number of ether oxygens (including phenoxy) is 1. The third-order valence-electron chi connectivity index (χ3n) is 4.27. The average molecular weight is 339 g/mol. The minimum Gasteiger partial charge on any atom is -0.497 e. The van der Waals surface area contributed by atoms with E-state index in [1.165, 1.54) is 0 Å². The van der Waals surface area contributed by atoms with Crippen molar-refractivity contribution in [3.8, 4) is 5.75 Å². The summed E-state index contributed by atoms with van der Waals surface area (Å²) in [6.45, 7) is 0.445. The molecule has 1 aliphatic heterocycles. The molecule has 130 valence electrons. The van der Waals surface area contributed by atoms with E-state index in [0.717, 1.165) is 11.4 Å². The molecular formula is C19H21N3O3. The molecule has 0 aliphatic carbocycles. The predicted molar refractivity (Wildman–Crippen MR) is 97.1 cm³/mol. The molecule has 1 saturated heterocycles. The lowest BCUT2D eigenvalue weighted by Crippen LogP contribution is -2.44. The van der Waals surface area contributed by atoms with E-state index >= 15 is 0 Å². The first-order valence-corrected chi connectivity index (χ1v) is 8.12. The minimum atomic E-state index is -0.225. The van der Waals surface area contributed by atoms with Gasteiger partial charge in [-0.3, -0.25) is 9.69 Å². The van der Waals surface area contributed by atoms with E-state index in [-0.39, 0.29) is 24.4 Å². The molecule has 0 radical (unpaired) electrons. The Balaban J connectivity index is 1.65. The van der Waals surface area contributed by atoms with Crippen LogP contribution in [0.5, 0.6) is 5.75 Å². The number of amides is 3. The molecule has 1 unspecified atom stereocenters. The van der Waals surface area contributed by atoms with Crippen LogP contribution in [0.1, 0.15) is 6.42 Å². The van der Waals surface area contributed by atoms with Crippen molar-refractivity contribution in [3.63, 3.8) is 0 Å². The molecule has 1 N–H and O–H groups in total. The molecule has 0 bridgehead atoms. The summed E-state index contributed by atoms with van der Waals surface area (Å²) in [5.74, 6) is 0.683. The van der Waals surface area contributed by atoms with E-state index < -0.39 is 0 Å². The fourth-order valence-corrected chi connectivity index (χ4v) is 2.87. The number of benzene rings is 2. The van der Waals surface area contributed by atoms with Gasteiger partial charge in [0, 0.05) is 37.5 Å². The number of urea groups is 1. The topological polar surface area (TPSA) is 61.9 Å². The number of methoxy groups -OCH3 is 1. The Morgan fingerprint density at radius 2 is 1.96 bits per heavy atom. The highest BCUT2D eigenvalue weighted by Crippen LogP contribution is 2.25. The molecule has 0 saturated carbocycles. The number of nitrogens with one attached hydrogen (secondary N) is 1. The first kappa shape index (κ1) is 16.8. The molecule has 1 fully saturated rings. The maximum absolute atomic E-state index is 12.4. The van der Waals surface area contributed by atoms with Crippen molar-refractivity contribution in [3.05, 3.63) is 54.6 Å². The number of hydrogen-bond donors (Lipinski definition) is 1. The first-order valence-electron chi connectivity index (χ1n) is 8.12. The molecule has 3 amide bonds. The smallest absolute Gasteiger partial charge is 0.321 e. The van der Waals surface area contributed by atoms with E-state index in [0.29, 0.717) is 12.3 Å². The van der Waals surface area contributed by atoms with Gasteiger partial charge >= 0.3 is 6.03 Å². The van der Waals surface area contributed by atoms with E-state index in [1.54, 1.807) is 24.0 Å². The summed E-state index contributed by atoms with van der Waals surface area (Å²) in [7, 11) is 3.30. The lowest BCUT2D eigenvalue weighted by molar-refractivity contribution is -0.117. The van der Waals surface area contributed by atoms with Crippen LogP contribution in [0, 0.1) is 0 Å².